The Morgan fingerprint density at radius 1 is 1.42 bits per heavy atom. The molecule has 0 bridgehead atoms. The normalized spacial score (nSPS) is 22.8. The summed E-state index contributed by atoms with van der Waals surface area (Å²) in [5, 5.41) is 10.0. The largest absolute Gasteiger partial charge is 0.469 e. The molecule has 0 spiro atoms. The first-order chi connectivity index (χ1) is 8.86. The van der Waals surface area contributed by atoms with Crippen LogP contribution in [0.2, 0.25) is 0 Å². The molecule has 1 aliphatic rings. The summed E-state index contributed by atoms with van der Waals surface area (Å²) in [6, 6.07) is 3.65. The van der Waals surface area contributed by atoms with Gasteiger partial charge in [-0.15, -0.1) is 0 Å². The fraction of sp³-hybridized carbons (Fsp3) is 0.462. The van der Waals surface area contributed by atoms with Crippen LogP contribution in [-0.4, -0.2) is 18.2 Å². The van der Waals surface area contributed by atoms with E-state index in [0.29, 0.717) is 0 Å². The van der Waals surface area contributed by atoms with Gasteiger partial charge in [0, 0.05) is 0 Å². The zero-order valence-electron chi connectivity index (χ0n) is 10.2. The molecule has 19 heavy (non-hydrogen) atoms. The number of alkyl halides is 3. The second-order valence-corrected chi connectivity index (χ2v) is 4.48. The molecule has 0 radical (unpaired) electrons. The van der Waals surface area contributed by atoms with Crippen molar-refractivity contribution in [1.29, 1.82) is 0 Å². The first-order valence-corrected chi connectivity index (χ1v) is 5.81. The minimum Gasteiger partial charge on any atom is -0.469 e. The number of ether oxygens (including phenoxy) is 1. The molecule has 6 heteroatoms. The van der Waals surface area contributed by atoms with Gasteiger partial charge in [-0.1, -0.05) is 12.1 Å². The number of aliphatic hydroxyl groups excluding tert-OH is 1. The topological polar surface area (TPSA) is 46.5 Å². The minimum absolute atomic E-state index is 0.0719. The number of fused-ring (bicyclic) bond motifs is 1. The number of rotatable bonds is 1. The number of halogens is 3. The number of carbonyl (C=O) groups is 1. The van der Waals surface area contributed by atoms with Gasteiger partial charge in [0.05, 0.1) is 24.7 Å². The van der Waals surface area contributed by atoms with E-state index in [4.69, 9.17) is 0 Å². The van der Waals surface area contributed by atoms with E-state index in [1.807, 2.05) is 0 Å². The Morgan fingerprint density at radius 2 is 2.11 bits per heavy atom. The highest BCUT2D eigenvalue weighted by atomic mass is 19.4. The molecule has 2 rings (SSSR count). The summed E-state index contributed by atoms with van der Waals surface area (Å²) in [4.78, 5) is 11.5. The maximum absolute atomic E-state index is 12.9. The van der Waals surface area contributed by atoms with E-state index < -0.39 is 29.7 Å². The quantitative estimate of drug-likeness (QED) is 0.800. The van der Waals surface area contributed by atoms with Gasteiger partial charge in [-0.05, 0) is 30.0 Å². The van der Waals surface area contributed by atoms with Crippen LogP contribution in [-0.2, 0) is 22.1 Å². The molecular formula is C13H13F3O3. The molecule has 3 nitrogen and oxygen atoms in total. The average molecular weight is 274 g/mol. The van der Waals surface area contributed by atoms with E-state index in [2.05, 4.69) is 4.74 Å². The van der Waals surface area contributed by atoms with Gasteiger partial charge in [0.25, 0.3) is 0 Å². The van der Waals surface area contributed by atoms with Gasteiger partial charge >= 0.3 is 12.1 Å². The lowest BCUT2D eigenvalue weighted by molar-refractivity contribution is -0.150. The van der Waals surface area contributed by atoms with Crippen LogP contribution in [0.25, 0.3) is 0 Å². The fourth-order valence-electron chi connectivity index (χ4n) is 2.50. The second-order valence-electron chi connectivity index (χ2n) is 4.48. The molecule has 1 aromatic carbocycles. The highest BCUT2D eigenvalue weighted by Gasteiger charge is 2.40. The summed E-state index contributed by atoms with van der Waals surface area (Å²) in [5.74, 6) is -1.41. The number of esters is 1. The number of hydrogen-bond acceptors (Lipinski definition) is 3. The molecule has 2 atom stereocenters. The summed E-state index contributed by atoms with van der Waals surface area (Å²) in [6.45, 7) is 0. The maximum atomic E-state index is 12.9. The predicted molar refractivity (Wildman–Crippen MR) is 60.2 cm³/mol. The van der Waals surface area contributed by atoms with Crippen molar-refractivity contribution in [3.05, 3.63) is 34.9 Å². The molecule has 1 N–H and O–H groups in total. The highest BCUT2D eigenvalue weighted by molar-refractivity contribution is 5.74. The van der Waals surface area contributed by atoms with Crippen LogP contribution in [0.1, 0.15) is 29.2 Å². The number of benzene rings is 1. The molecule has 1 aliphatic carbocycles. The van der Waals surface area contributed by atoms with Gasteiger partial charge in [-0.3, -0.25) is 4.79 Å². The van der Waals surface area contributed by atoms with E-state index in [-0.39, 0.29) is 24.0 Å². The third-order valence-electron chi connectivity index (χ3n) is 3.43. The molecule has 0 heterocycles. The SMILES string of the molecule is COC(=O)C1CCc2c(cccc2C(F)(F)F)C1O. The Kier molecular flexibility index (Phi) is 3.54. The fourth-order valence-corrected chi connectivity index (χ4v) is 2.50. The van der Waals surface area contributed by atoms with Crippen molar-refractivity contribution >= 4 is 5.97 Å². The lowest BCUT2D eigenvalue weighted by Gasteiger charge is -2.30. The first kappa shape index (κ1) is 13.9. The summed E-state index contributed by atoms with van der Waals surface area (Å²) in [7, 11) is 1.19. The van der Waals surface area contributed by atoms with Crippen LogP contribution in [0.15, 0.2) is 18.2 Å². The number of hydrogen-bond donors (Lipinski definition) is 1. The van der Waals surface area contributed by atoms with Crippen LogP contribution < -0.4 is 0 Å². The van der Waals surface area contributed by atoms with Crippen LogP contribution in [0.4, 0.5) is 13.2 Å². The molecule has 0 saturated heterocycles. The van der Waals surface area contributed by atoms with Crippen molar-refractivity contribution in [3.63, 3.8) is 0 Å². The molecular weight excluding hydrogens is 261 g/mol. The number of methoxy groups -OCH3 is 1. The third-order valence-corrected chi connectivity index (χ3v) is 3.43. The van der Waals surface area contributed by atoms with Crippen molar-refractivity contribution in [2.45, 2.75) is 25.1 Å². The molecule has 0 amide bonds. The number of carbonyl (C=O) groups excluding carboxylic acids is 1. The Morgan fingerprint density at radius 3 is 2.68 bits per heavy atom. The van der Waals surface area contributed by atoms with Crippen LogP contribution in [0.3, 0.4) is 0 Å². The molecule has 0 fully saturated rings. The minimum atomic E-state index is -4.46. The lowest BCUT2D eigenvalue weighted by atomic mass is 9.79. The zero-order chi connectivity index (χ0) is 14.2. The lowest BCUT2D eigenvalue weighted by Crippen LogP contribution is -2.29. The monoisotopic (exact) mass is 274 g/mol. The Balaban J connectivity index is 2.44. The van der Waals surface area contributed by atoms with E-state index >= 15 is 0 Å². The van der Waals surface area contributed by atoms with Crippen molar-refractivity contribution in [3.8, 4) is 0 Å². The van der Waals surface area contributed by atoms with Crippen molar-refractivity contribution in [1.82, 2.24) is 0 Å². The summed E-state index contributed by atoms with van der Waals surface area (Å²) < 4.78 is 43.1. The standard InChI is InChI=1S/C13H13F3O3/c1-19-12(18)9-6-5-7-8(11(9)17)3-2-4-10(7)13(14,15)16/h2-4,9,11,17H,5-6H2,1H3. The van der Waals surface area contributed by atoms with Gasteiger partial charge in [0.15, 0.2) is 0 Å². The Bertz CT molecular complexity index is 496. The van der Waals surface area contributed by atoms with Gasteiger partial charge in [0.2, 0.25) is 0 Å². The molecule has 0 aromatic heterocycles. The van der Waals surface area contributed by atoms with Crippen molar-refractivity contribution in [2.24, 2.45) is 5.92 Å². The Hall–Kier alpha value is -1.56. The Labute approximate surface area is 108 Å². The van der Waals surface area contributed by atoms with Crippen molar-refractivity contribution < 1.29 is 27.8 Å². The van der Waals surface area contributed by atoms with E-state index in [1.165, 1.54) is 19.2 Å². The maximum Gasteiger partial charge on any atom is 0.416 e. The van der Waals surface area contributed by atoms with Gasteiger partial charge in [0.1, 0.15) is 0 Å². The summed E-state index contributed by atoms with van der Waals surface area (Å²) in [6.07, 6.45) is -5.46. The highest BCUT2D eigenvalue weighted by Crippen LogP contribution is 2.41. The third kappa shape index (κ3) is 2.45. The molecule has 0 aliphatic heterocycles. The predicted octanol–water partition coefficient (Wildman–Crippen LogP) is 2.47. The smallest absolute Gasteiger partial charge is 0.416 e. The second kappa shape index (κ2) is 4.85. The average Bonchev–Trinajstić information content (AvgIpc) is 2.37. The van der Waals surface area contributed by atoms with Crippen LogP contribution in [0, 0.1) is 5.92 Å². The van der Waals surface area contributed by atoms with Crippen LogP contribution in [0.5, 0.6) is 0 Å². The molecule has 0 saturated carbocycles. The molecule has 1 aromatic rings. The van der Waals surface area contributed by atoms with E-state index in [9.17, 15) is 23.1 Å². The van der Waals surface area contributed by atoms with Gasteiger partial charge in [-0.2, -0.15) is 13.2 Å². The van der Waals surface area contributed by atoms with Crippen LogP contribution >= 0.6 is 0 Å². The summed E-state index contributed by atoms with van der Waals surface area (Å²) >= 11 is 0. The van der Waals surface area contributed by atoms with Gasteiger partial charge < -0.3 is 9.84 Å². The van der Waals surface area contributed by atoms with Gasteiger partial charge in [-0.25, -0.2) is 0 Å². The van der Waals surface area contributed by atoms with E-state index in [0.717, 1.165) is 6.07 Å². The first-order valence-electron chi connectivity index (χ1n) is 5.81. The molecule has 2 unspecified atom stereocenters. The summed E-state index contributed by atoms with van der Waals surface area (Å²) in [5.41, 5.74) is -0.508. The zero-order valence-corrected chi connectivity index (χ0v) is 10.2. The molecule has 104 valence electrons. The van der Waals surface area contributed by atoms with Crippen molar-refractivity contribution in [2.75, 3.05) is 7.11 Å². The van der Waals surface area contributed by atoms with E-state index in [1.54, 1.807) is 0 Å². The number of aliphatic hydroxyl groups is 1.